The predicted octanol–water partition coefficient (Wildman–Crippen LogP) is 4.80. The van der Waals surface area contributed by atoms with Crippen LogP contribution in [0.15, 0.2) is 48.5 Å². The normalized spacial score (nSPS) is 12.2. The van der Waals surface area contributed by atoms with Gasteiger partial charge in [0.15, 0.2) is 0 Å². The summed E-state index contributed by atoms with van der Waals surface area (Å²) in [4.78, 5) is 12.3. The molecule has 5 heteroatoms. The molecule has 0 aliphatic heterocycles. The first-order valence-corrected chi connectivity index (χ1v) is 6.73. The minimum absolute atomic E-state index is 0.574. The molecule has 0 saturated heterocycles. The Hall–Kier alpha value is -1.22. The van der Waals surface area contributed by atoms with Crippen molar-refractivity contribution in [3.05, 3.63) is 48.5 Å². The fourth-order valence-corrected chi connectivity index (χ4v) is 2.52. The van der Waals surface area contributed by atoms with Crippen molar-refractivity contribution in [2.75, 3.05) is 0 Å². The van der Waals surface area contributed by atoms with Crippen molar-refractivity contribution in [3.63, 3.8) is 0 Å². The number of rotatable bonds is 0. The summed E-state index contributed by atoms with van der Waals surface area (Å²) in [5, 5.41) is 1.92. The Morgan fingerprint density at radius 2 is 1.26 bits per heavy atom. The second kappa shape index (κ2) is 4.41. The van der Waals surface area contributed by atoms with E-state index >= 15 is 0 Å². The highest BCUT2D eigenvalue weighted by molar-refractivity contribution is 6.76. The predicted molar refractivity (Wildman–Crippen MR) is 80.4 cm³/mol. The van der Waals surface area contributed by atoms with Crippen LogP contribution in [0.5, 0.6) is 0 Å². The molecule has 0 radical (unpaired) electrons. The van der Waals surface area contributed by atoms with E-state index in [-0.39, 0.29) is 0 Å². The van der Waals surface area contributed by atoms with Gasteiger partial charge in [0.05, 0.1) is 11.0 Å². The van der Waals surface area contributed by atoms with E-state index in [4.69, 9.17) is 34.8 Å². The summed E-state index contributed by atoms with van der Waals surface area (Å²) in [6, 6.07) is 15.1. The van der Waals surface area contributed by atoms with Crippen LogP contribution in [0.4, 0.5) is 0 Å². The lowest BCUT2D eigenvalue weighted by Gasteiger charge is -2.12. The van der Waals surface area contributed by atoms with E-state index in [2.05, 4.69) is 0 Å². The first-order valence-electron chi connectivity index (χ1n) is 5.60. The third kappa shape index (κ3) is 2.00. The quantitative estimate of drug-likeness (QED) is 0.546. The molecule has 96 valence electrons. The maximum atomic E-state index is 12.3. The largest absolute Gasteiger partial charge is 0.283 e. The highest BCUT2D eigenvalue weighted by Gasteiger charge is 2.34. The molecule has 2 aromatic carbocycles. The van der Waals surface area contributed by atoms with Gasteiger partial charge in [-0.25, -0.2) is 0 Å². The number of aromatic nitrogens is 1. The third-order valence-electron chi connectivity index (χ3n) is 3.03. The molecule has 0 saturated carbocycles. The van der Waals surface area contributed by atoms with E-state index in [0.29, 0.717) is 0 Å². The maximum Gasteiger partial charge on any atom is 0.283 e. The summed E-state index contributed by atoms with van der Waals surface area (Å²) in [5.74, 6) is -0.574. The zero-order chi connectivity index (χ0) is 13.6. The van der Waals surface area contributed by atoms with Gasteiger partial charge in [0, 0.05) is 10.8 Å². The van der Waals surface area contributed by atoms with Gasteiger partial charge in [0.2, 0.25) is 0 Å². The van der Waals surface area contributed by atoms with Gasteiger partial charge in [0.1, 0.15) is 0 Å². The summed E-state index contributed by atoms with van der Waals surface area (Å²) < 4.78 is -0.526. The van der Waals surface area contributed by atoms with Gasteiger partial charge in [-0.2, -0.15) is 0 Å². The van der Waals surface area contributed by atoms with Gasteiger partial charge in [-0.05, 0) is 12.1 Å². The summed E-state index contributed by atoms with van der Waals surface area (Å²) in [5.41, 5.74) is 1.47. The molecule has 0 aliphatic rings. The monoisotopic (exact) mass is 311 g/mol. The van der Waals surface area contributed by atoms with E-state index in [1.807, 2.05) is 48.5 Å². The van der Waals surface area contributed by atoms with E-state index in [1.54, 1.807) is 0 Å². The lowest BCUT2D eigenvalue weighted by Crippen LogP contribution is -2.25. The molecular formula is C14H8Cl3NO. The summed E-state index contributed by atoms with van der Waals surface area (Å²) in [7, 11) is 0. The second-order valence-electron chi connectivity index (χ2n) is 4.17. The smallest absolute Gasteiger partial charge is 0.276 e. The topological polar surface area (TPSA) is 22.0 Å². The highest BCUT2D eigenvalue weighted by Crippen LogP contribution is 2.34. The van der Waals surface area contributed by atoms with Gasteiger partial charge in [-0.15, -0.1) is 0 Å². The zero-order valence-corrected chi connectivity index (χ0v) is 11.9. The molecule has 1 heterocycles. The minimum atomic E-state index is -1.98. The molecule has 0 unspecified atom stereocenters. The maximum absolute atomic E-state index is 12.3. The molecule has 1 aromatic heterocycles. The van der Waals surface area contributed by atoms with Crippen molar-refractivity contribution in [1.29, 1.82) is 0 Å². The Morgan fingerprint density at radius 1 is 0.842 bits per heavy atom. The van der Waals surface area contributed by atoms with Crippen LogP contribution in [-0.4, -0.2) is 14.3 Å². The molecule has 0 atom stereocenters. The molecular weight excluding hydrogens is 305 g/mol. The van der Waals surface area contributed by atoms with Gasteiger partial charge in [0.25, 0.3) is 9.70 Å². The molecule has 2 nitrogen and oxygen atoms in total. The summed E-state index contributed by atoms with van der Waals surface area (Å²) in [6.07, 6.45) is 0. The Balaban J connectivity index is 2.47. The molecule has 3 rings (SSSR count). The lowest BCUT2D eigenvalue weighted by atomic mass is 10.2. The van der Waals surface area contributed by atoms with Crippen LogP contribution in [0.1, 0.15) is 4.79 Å². The number of carbonyl (C=O) groups is 1. The Morgan fingerprint density at radius 3 is 1.68 bits per heavy atom. The van der Waals surface area contributed by atoms with Crippen LogP contribution < -0.4 is 0 Å². The van der Waals surface area contributed by atoms with Crippen LogP contribution in [0.2, 0.25) is 0 Å². The van der Waals surface area contributed by atoms with Crippen LogP contribution in [-0.2, 0) is 0 Å². The average Bonchev–Trinajstić information content (AvgIpc) is 2.71. The van der Waals surface area contributed by atoms with Gasteiger partial charge >= 0.3 is 0 Å². The Kier molecular flexibility index (Phi) is 2.97. The fourth-order valence-electron chi connectivity index (χ4n) is 2.27. The Bertz CT molecular complexity index is 733. The molecule has 19 heavy (non-hydrogen) atoms. The number of halogens is 3. The number of benzene rings is 2. The third-order valence-corrected chi connectivity index (χ3v) is 3.51. The van der Waals surface area contributed by atoms with Crippen molar-refractivity contribution in [3.8, 4) is 0 Å². The summed E-state index contributed by atoms with van der Waals surface area (Å²) >= 11 is 17.2. The Labute approximate surface area is 124 Å². The van der Waals surface area contributed by atoms with Gasteiger partial charge in [-0.1, -0.05) is 71.2 Å². The van der Waals surface area contributed by atoms with E-state index in [0.717, 1.165) is 21.8 Å². The average molecular weight is 313 g/mol. The van der Waals surface area contributed by atoms with Gasteiger partial charge < -0.3 is 0 Å². The van der Waals surface area contributed by atoms with Crippen molar-refractivity contribution in [2.24, 2.45) is 0 Å². The van der Waals surface area contributed by atoms with E-state index < -0.39 is 9.70 Å². The second-order valence-corrected chi connectivity index (χ2v) is 6.45. The lowest BCUT2D eigenvalue weighted by molar-refractivity contribution is 0.0928. The van der Waals surface area contributed by atoms with Crippen LogP contribution in [0.25, 0.3) is 21.8 Å². The number of fused-ring (bicyclic) bond motifs is 3. The van der Waals surface area contributed by atoms with Crippen molar-refractivity contribution in [1.82, 2.24) is 4.57 Å². The molecule has 0 fully saturated rings. The van der Waals surface area contributed by atoms with Crippen LogP contribution in [0.3, 0.4) is 0 Å². The minimum Gasteiger partial charge on any atom is -0.276 e. The van der Waals surface area contributed by atoms with E-state index in [1.165, 1.54) is 4.57 Å². The van der Waals surface area contributed by atoms with Gasteiger partial charge in [-0.3, -0.25) is 9.36 Å². The standard InChI is InChI=1S/C14H8Cl3NO/c15-14(16,17)13(19)18-11-7-3-1-5-9(11)10-6-2-4-8-12(10)18/h1-8H. The first-order chi connectivity index (χ1) is 9.00. The highest BCUT2D eigenvalue weighted by atomic mass is 35.6. The number of hydrogen-bond acceptors (Lipinski definition) is 1. The summed E-state index contributed by atoms with van der Waals surface area (Å²) in [6.45, 7) is 0. The van der Waals surface area contributed by atoms with E-state index in [9.17, 15) is 4.79 Å². The van der Waals surface area contributed by atoms with Crippen LogP contribution >= 0.6 is 34.8 Å². The number of para-hydroxylation sites is 2. The van der Waals surface area contributed by atoms with Crippen molar-refractivity contribution in [2.45, 2.75) is 3.79 Å². The number of alkyl halides is 3. The van der Waals surface area contributed by atoms with Crippen molar-refractivity contribution < 1.29 is 4.79 Å². The first kappa shape index (κ1) is 12.8. The molecule has 3 aromatic rings. The fraction of sp³-hybridized carbons (Fsp3) is 0.0714. The molecule has 0 aliphatic carbocycles. The molecule has 0 spiro atoms. The number of nitrogens with zero attached hydrogens (tertiary/aromatic N) is 1. The number of hydrogen-bond donors (Lipinski definition) is 0. The van der Waals surface area contributed by atoms with Crippen molar-refractivity contribution >= 4 is 62.5 Å². The molecule has 0 bridgehead atoms. The van der Waals surface area contributed by atoms with Crippen LogP contribution in [0, 0.1) is 0 Å². The molecule has 0 N–H and O–H groups in total. The zero-order valence-electron chi connectivity index (χ0n) is 9.61. The molecule has 0 amide bonds. The SMILES string of the molecule is O=C(n1c2ccccc2c2ccccc21)C(Cl)(Cl)Cl. The number of carbonyl (C=O) groups excluding carboxylic acids is 1.